The second-order valence-corrected chi connectivity index (χ2v) is 7.68. The van der Waals surface area contributed by atoms with Gasteiger partial charge < -0.3 is 14.5 Å². The molecule has 0 bridgehead atoms. The highest BCUT2D eigenvalue weighted by Crippen LogP contribution is 2.19. The highest BCUT2D eigenvalue weighted by atomic mass is 32.2. The van der Waals surface area contributed by atoms with Gasteiger partial charge in [0.1, 0.15) is 12.4 Å². The molecule has 2 aromatic carbocycles. The van der Waals surface area contributed by atoms with Gasteiger partial charge in [-0.05, 0) is 47.7 Å². The third-order valence-electron chi connectivity index (χ3n) is 4.71. The average Bonchev–Trinajstić information content (AvgIpc) is 3.50. The molecule has 0 radical (unpaired) electrons. The van der Waals surface area contributed by atoms with Crippen molar-refractivity contribution >= 4 is 17.7 Å². The van der Waals surface area contributed by atoms with Crippen molar-refractivity contribution < 1.29 is 13.9 Å². The Morgan fingerprint density at radius 2 is 1.97 bits per heavy atom. The number of benzene rings is 2. The lowest BCUT2D eigenvalue weighted by molar-refractivity contribution is 0.0928. The van der Waals surface area contributed by atoms with Gasteiger partial charge in [-0.1, -0.05) is 42.1 Å². The number of imidazole rings is 1. The third kappa shape index (κ3) is 5.45. The first-order chi connectivity index (χ1) is 15.2. The lowest BCUT2D eigenvalue weighted by Crippen LogP contribution is -2.23. The van der Waals surface area contributed by atoms with E-state index < -0.39 is 0 Å². The Kier molecular flexibility index (Phi) is 6.86. The molecule has 0 aliphatic rings. The molecule has 1 N–H and O–H groups in total. The highest BCUT2D eigenvalue weighted by molar-refractivity contribution is 7.98. The number of rotatable bonds is 9. The van der Waals surface area contributed by atoms with Gasteiger partial charge in [-0.15, -0.1) is 0 Å². The molecule has 0 fully saturated rings. The minimum absolute atomic E-state index is 0.118. The Bertz CT molecular complexity index is 1140. The summed E-state index contributed by atoms with van der Waals surface area (Å²) in [7, 11) is 0. The van der Waals surface area contributed by atoms with Crippen LogP contribution in [0.5, 0.6) is 0 Å². The molecule has 0 saturated heterocycles. The van der Waals surface area contributed by atoms with Crippen molar-refractivity contribution in [3.05, 3.63) is 102 Å². The first-order valence-electron chi connectivity index (χ1n) is 9.87. The van der Waals surface area contributed by atoms with Crippen molar-refractivity contribution in [1.29, 1.82) is 0 Å². The van der Waals surface area contributed by atoms with Crippen LogP contribution in [-0.2, 0) is 24.5 Å². The van der Waals surface area contributed by atoms with Crippen molar-refractivity contribution in [2.24, 2.45) is 0 Å². The normalized spacial score (nSPS) is 10.9. The van der Waals surface area contributed by atoms with Gasteiger partial charge in [-0.2, -0.15) is 0 Å². The summed E-state index contributed by atoms with van der Waals surface area (Å²) in [6.45, 7) is 1.35. The Morgan fingerprint density at radius 1 is 1.10 bits per heavy atom. The quantitative estimate of drug-likeness (QED) is 0.383. The fourth-order valence-corrected chi connectivity index (χ4v) is 3.74. The number of hydrogen-bond donors (Lipinski definition) is 1. The maximum absolute atomic E-state index is 12.7. The SMILES string of the molecule is CSc1nccn1-c1cccc(C(=O)NCc2cccc(COCc3ccco3)c2)c1. The van der Waals surface area contributed by atoms with E-state index in [-0.39, 0.29) is 5.91 Å². The molecule has 7 heteroatoms. The van der Waals surface area contributed by atoms with Crippen LogP contribution in [0.15, 0.2) is 88.9 Å². The van der Waals surface area contributed by atoms with Crippen molar-refractivity contribution in [1.82, 2.24) is 14.9 Å². The largest absolute Gasteiger partial charge is 0.467 e. The first-order valence-corrected chi connectivity index (χ1v) is 11.1. The van der Waals surface area contributed by atoms with E-state index in [1.807, 2.05) is 77.7 Å². The Balaban J connectivity index is 1.35. The van der Waals surface area contributed by atoms with Crippen LogP contribution in [-0.4, -0.2) is 21.7 Å². The Labute approximate surface area is 185 Å². The van der Waals surface area contributed by atoms with Crippen LogP contribution >= 0.6 is 11.8 Å². The summed E-state index contributed by atoms with van der Waals surface area (Å²) in [5, 5.41) is 3.88. The van der Waals surface area contributed by atoms with E-state index >= 15 is 0 Å². The molecule has 1 amide bonds. The lowest BCUT2D eigenvalue weighted by Gasteiger charge is -2.10. The standard InChI is InChI=1S/C24H23N3O3S/c1-31-24-25-10-11-27(24)21-8-3-7-20(14-21)23(28)26-15-18-5-2-6-19(13-18)16-29-17-22-9-4-12-30-22/h2-14H,15-17H2,1H3,(H,26,28). The summed E-state index contributed by atoms with van der Waals surface area (Å²) in [4.78, 5) is 17.0. The highest BCUT2D eigenvalue weighted by Gasteiger charge is 2.09. The van der Waals surface area contributed by atoms with Crippen LogP contribution in [0.1, 0.15) is 27.2 Å². The minimum atomic E-state index is -0.118. The Morgan fingerprint density at radius 3 is 2.81 bits per heavy atom. The molecule has 2 aromatic heterocycles. The number of amides is 1. The van der Waals surface area contributed by atoms with Crippen LogP contribution in [0.3, 0.4) is 0 Å². The maximum atomic E-state index is 12.7. The summed E-state index contributed by atoms with van der Waals surface area (Å²) >= 11 is 1.56. The van der Waals surface area contributed by atoms with Gasteiger partial charge >= 0.3 is 0 Å². The zero-order valence-electron chi connectivity index (χ0n) is 17.2. The molecule has 4 rings (SSSR count). The number of furan rings is 1. The van der Waals surface area contributed by atoms with Crippen LogP contribution in [0, 0.1) is 0 Å². The van der Waals surface area contributed by atoms with Gasteiger partial charge in [0.25, 0.3) is 5.91 Å². The van der Waals surface area contributed by atoms with Crippen LogP contribution in [0.25, 0.3) is 5.69 Å². The molecule has 0 unspecified atom stereocenters. The van der Waals surface area contributed by atoms with Crippen molar-refractivity contribution in [2.75, 3.05) is 6.26 Å². The van der Waals surface area contributed by atoms with Gasteiger partial charge in [0, 0.05) is 30.2 Å². The maximum Gasteiger partial charge on any atom is 0.251 e. The molecule has 0 aliphatic carbocycles. The number of aromatic nitrogens is 2. The van der Waals surface area contributed by atoms with E-state index in [1.165, 1.54) is 0 Å². The average molecular weight is 434 g/mol. The zero-order chi connectivity index (χ0) is 21.5. The van der Waals surface area contributed by atoms with Crippen LogP contribution in [0.4, 0.5) is 0 Å². The molecule has 6 nitrogen and oxygen atoms in total. The van der Waals surface area contributed by atoms with Crippen LogP contribution in [0.2, 0.25) is 0 Å². The van der Waals surface area contributed by atoms with Gasteiger partial charge in [-0.25, -0.2) is 4.98 Å². The fourth-order valence-electron chi connectivity index (χ4n) is 3.21. The van der Waals surface area contributed by atoms with Crippen LogP contribution < -0.4 is 5.32 Å². The molecule has 0 spiro atoms. The van der Waals surface area contributed by atoms with Crippen molar-refractivity contribution in [3.8, 4) is 5.69 Å². The number of carbonyl (C=O) groups excluding carboxylic acids is 1. The summed E-state index contributed by atoms with van der Waals surface area (Å²) in [5.41, 5.74) is 3.58. The predicted molar refractivity (Wildman–Crippen MR) is 120 cm³/mol. The Hall–Kier alpha value is -3.29. The molecule has 0 aliphatic heterocycles. The second kappa shape index (κ2) is 10.1. The monoisotopic (exact) mass is 433 g/mol. The van der Waals surface area contributed by atoms with Crippen molar-refractivity contribution in [3.63, 3.8) is 0 Å². The summed E-state index contributed by atoms with van der Waals surface area (Å²) in [6, 6.07) is 19.3. The van der Waals surface area contributed by atoms with Gasteiger partial charge in [0.2, 0.25) is 0 Å². The minimum Gasteiger partial charge on any atom is -0.467 e. The van der Waals surface area contributed by atoms with E-state index in [4.69, 9.17) is 9.15 Å². The van der Waals surface area contributed by atoms with Gasteiger partial charge in [0.05, 0.1) is 12.9 Å². The van der Waals surface area contributed by atoms with Gasteiger partial charge in [0.15, 0.2) is 5.16 Å². The summed E-state index contributed by atoms with van der Waals surface area (Å²) in [5.74, 6) is 0.679. The smallest absolute Gasteiger partial charge is 0.251 e. The number of hydrogen-bond acceptors (Lipinski definition) is 5. The topological polar surface area (TPSA) is 69.3 Å². The van der Waals surface area contributed by atoms with E-state index in [0.717, 1.165) is 27.7 Å². The molecule has 2 heterocycles. The fraction of sp³-hybridized carbons (Fsp3) is 0.167. The van der Waals surface area contributed by atoms with E-state index in [9.17, 15) is 4.79 Å². The molecule has 4 aromatic rings. The molecule has 0 atom stereocenters. The zero-order valence-corrected chi connectivity index (χ0v) is 18.0. The summed E-state index contributed by atoms with van der Waals surface area (Å²) < 4.78 is 12.9. The number of carbonyl (C=O) groups is 1. The number of nitrogens with one attached hydrogen (secondary N) is 1. The van der Waals surface area contributed by atoms with Gasteiger partial charge in [-0.3, -0.25) is 9.36 Å². The number of nitrogens with zero attached hydrogens (tertiary/aromatic N) is 2. The molecular formula is C24H23N3O3S. The third-order valence-corrected chi connectivity index (χ3v) is 5.38. The second-order valence-electron chi connectivity index (χ2n) is 6.91. The first kappa shape index (κ1) is 21.0. The lowest BCUT2D eigenvalue weighted by atomic mass is 10.1. The summed E-state index contributed by atoms with van der Waals surface area (Å²) in [6.07, 6.45) is 7.26. The molecule has 31 heavy (non-hydrogen) atoms. The molecular weight excluding hydrogens is 410 g/mol. The van der Waals surface area contributed by atoms with E-state index in [1.54, 1.807) is 24.2 Å². The van der Waals surface area contributed by atoms with Crippen molar-refractivity contribution in [2.45, 2.75) is 24.9 Å². The van der Waals surface area contributed by atoms with E-state index in [0.29, 0.717) is 25.3 Å². The number of ether oxygens (including phenoxy) is 1. The molecule has 0 saturated carbocycles. The van der Waals surface area contributed by atoms with E-state index in [2.05, 4.69) is 10.3 Å². The number of thioether (sulfide) groups is 1. The predicted octanol–water partition coefficient (Wildman–Crippen LogP) is 4.83. The molecule has 158 valence electrons.